The van der Waals surface area contributed by atoms with E-state index in [0.717, 1.165) is 5.56 Å². The van der Waals surface area contributed by atoms with Gasteiger partial charge in [0.2, 0.25) is 5.91 Å². The number of nitrogens with one attached hydrogen (secondary N) is 1. The van der Waals surface area contributed by atoms with Gasteiger partial charge >= 0.3 is 0 Å². The molecule has 0 aliphatic carbocycles. The lowest BCUT2D eigenvalue weighted by atomic mass is 9.99. The molecule has 2 heterocycles. The van der Waals surface area contributed by atoms with E-state index >= 15 is 0 Å². The van der Waals surface area contributed by atoms with Crippen LogP contribution in [0.3, 0.4) is 0 Å². The maximum Gasteiger partial charge on any atom is 0.274 e. The van der Waals surface area contributed by atoms with Crippen LogP contribution in [0.25, 0.3) is 0 Å². The minimum atomic E-state index is -2.52. The maximum absolute atomic E-state index is 13.0. The van der Waals surface area contributed by atoms with Gasteiger partial charge < -0.3 is 9.64 Å². The van der Waals surface area contributed by atoms with E-state index in [1.807, 2.05) is 6.92 Å². The molecule has 1 fully saturated rings. The fourth-order valence-electron chi connectivity index (χ4n) is 3.35. The Morgan fingerprint density at radius 2 is 1.96 bits per heavy atom. The number of hydroxylamine groups is 1. The highest BCUT2D eigenvalue weighted by atomic mass is 32.3. The molecule has 4 N–H and O–H groups in total. The van der Waals surface area contributed by atoms with E-state index in [-0.39, 0.29) is 34.9 Å². The van der Waals surface area contributed by atoms with E-state index in [1.54, 1.807) is 28.6 Å². The predicted octanol–water partition coefficient (Wildman–Crippen LogP) is 2.08. The first kappa shape index (κ1) is 19.0. The van der Waals surface area contributed by atoms with Crippen molar-refractivity contribution in [2.24, 2.45) is 5.92 Å². The van der Waals surface area contributed by atoms with Crippen molar-refractivity contribution in [1.29, 1.82) is 0 Å². The third-order valence-corrected chi connectivity index (χ3v) is 6.78. The summed E-state index contributed by atoms with van der Waals surface area (Å²) in [6.07, 6.45) is 0.960. The van der Waals surface area contributed by atoms with Gasteiger partial charge in [-0.15, -0.1) is 0 Å². The van der Waals surface area contributed by atoms with Crippen molar-refractivity contribution in [1.82, 2.24) is 10.4 Å². The second-order valence-corrected chi connectivity index (χ2v) is 9.30. The molecule has 9 heteroatoms. The first-order valence-corrected chi connectivity index (χ1v) is 10.4. The van der Waals surface area contributed by atoms with E-state index in [4.69, 9.17) is 9.94 Å². The number of fused-ring (bicyclic) bond motifs is 1. The second-order valence-electron chi connectivity index (χ2n) is 6.87. The molecular weight excluding hydrogens is 360 g/mol. The Morgan fingerprint density at radius 3 is 2.62 bits per heavy atom. The maximum atomic E-state index is 13.0. The van der Waals surface area contributed by atoms with Crippen LogP contribution in [-0.4, -0.2) is 55.2 Å². The third-order valence-electron chi connectivity index (χ3n) is 5.00. The molecule has 26 heavy (non-hydrogen) atoms. The summed E-state index contributed by atoms with van der Waals surface area (Å²) in [6, 6.07) is 4.70. The standard InChI is InChI=1S/C17H24N2O6S/c1-11-10-25-15-8-13(16(20)18-22)2-3-14(15)9-19(11)17(21)12-4-6-26(23,24)7-5-12/h2-3,8,11-12,22-24H,4-7,9-10H2,1H3,(H,18,20). The molecule has 1 aromatic rings. The lowest BCUT2D eigenvalue weighted by molar-refractivity contribution is -0.138. The summed E-state index contributed by atoms with van der Waals surface area (Å²) in [7, 11) is -2.52. The Hall–Kier alpha value is -1.81. The van der Waals surface area contributed by atoms with Crippen molar-refractivity contribution in [3.05, 3.63) is 29.3 Å². The van der Waals surface area contributed by atoms with Crippen LogP contribution in [0.5, 0.6) is 5.75 Å². The SMILES string of the molecule is CC1COc2cc(C(=O)NO)ccc2CN1C(=O)C1CCS(O)(O)CC1. The first-order chi connectivity index (χ1) is 12.3. The summed E-state index contributed by atoms with van der Waals surface area (Å²) in [5.41, 5.74) is 2.65. The number of nitrogens with zero attached hydrogens (tertiary/aromatic N) is 1. The number of rotatable bonds is 2. The number of ether oxygens (including phenoxy) is 1. The molecule has 3 rings (SSSR count). The molecule has 2 aliphatic heterocycles. The van der Waals surface area contributed by atoms with Crippen LogP contribution >= 0.6 is 10.6 Å². The summed E-state index contributed by atoms with van der Waals surface area (Å²) >= 11 is 0. The number of amides is 2. The van der Waals surface area contributed by atoms with Crippen molar-refractivity contribution < 1.29 is 28.6 Å². The molecule has 1 atom stereocenters. The molecule has 0 aromatic heterocycles. The predicted molar refractivity (Wildman–Crippen MR) is 96.5 cm³/mol. The Bertz CT molecular complexity index is 700. The number of benzene rings is 1. The number of carbonyl (C=O) groups is 2. The van der Waals surface area contributed by atoms with Crippen LogP contribution in [0.1, 0.15) is 35.7 Å². The van der Waals surface area contributed by atoms with Gasteiger partial charge in [0.15, 0.2) is 0 Å². The molecule has 1 saturated heterocycles. The third kappa shape index (κ3) is 3.96. The summed E-state index contributed by atoms with van der Waals surface area (Å²) < 4.78 is 25.3. The summed E-state index contributed by atoms with van der Waals surface area (Å²) in [5, 5.41) is 8.76. The monoisotopic (exact) mass is 384 g/mol. The van der Waals surface area contributed by atoms with Gasteiger partial charge in [-0.25, -0.2) is 5.48 Å². The van der Waals surface area contributed by atoms with Crippen LogP contribution in [0.15, 0.2) is 18.2 Å². The molecule has 1 unspecified atom stereocenters. The van der Waals surface area contributed by atoms with E-state index in [2.05, 4.69) is 0 Å². The average molecular weight is 384 g/mol. The zero-order chi connectivity index (χ0) is 18.9. The summed E-state index contributed by atoms with van der Waals surface area (Å²) in [4.78, 5) is 26.3. The quantitative estimate of drug-likeness (QED) is 0.458. The number of hydrogen-bond acceptors (Lipinski definition) is 6. The van der Waals surface area contributed by atoms with Crippen LogP contribution in [-0.2, 0) is 11.3 Å². The minimum Gasteiger partial charge on any atom is -0.491 e. The Kier molecular flexibility index (Phi) is 5.42. The van der Waals surface area contributed by atoms with Crippen molar-refractivity contribution >= 4 is 22.4 Å². The normalized spacial score (nSPS) is 24.0. The van der Waals surface area contributed by atoms with Gasteiger partial charge in [-0.1, -0.05) is 6.07 Å². The van der Waals surface area contributed by atoms with Crippen molar-refractivity contribution in [3.63, 3.8) is 0 Å². The highest BCUT2D eigenvalue weighted by Gasteiger charge is 2.34. The fraction of sp³-hybridized carbons (Fsp3) is 0.529. The van der Waals surface area contributed by atoms with Gasteiger partial charge in [-0.2, -0.15) is 10.6 Å². The molecule has 0 saturated carbocycles. The van der Waals surface area contributed by atoms with Crippen LogP contribution in [0.2, 0.25) is 0 Å². The van der Waals surface area contributed by atoms with E-state index in [0.29, 0.717) is 31.7 Å². The first-order valence-electron chi connectivity index (χ1n) is 8.55. The molecule has 8 nitrogen and oxygen atoms in total. The van der Waals surface area contributed by atoms with Crippen LogP contribution in [0, 0.1) is 5.92 Å². The van der Waals surface area contributed by atoms with E-state index < -0.39 is 16.5 Å². The van der Waals surface area contributed by atoms with E-state index in [1.165, 1.54) is 0 Å². The number of hydrogen-bond donors (Lipinski definition) is 4. The van der Waals surface area contributed by atoms with Crippen LogP contribution in [0.4, 0.5) is 0 Å². The Balaban J connectivity index is 1.77. The van der Waals surface area contributed by atoms with Crippen molar-refractivity contribution in [2.75, 3.05) is 18.1 Å². The van der Waals surface area contributed by atoms with Gasteiger partial charge in [0.1, 0.15) is 12.4 Å². The topological polar surface area (TPSA) is 119 Å². The second kappa shape index (κ2) is 7.43. The fourth-order valence-corrected chi connectivity index (χ4v) is 4.88. The van der Waals surface area contributed by atoms with Gasteiger partial charge in [0.25, 0.3) is 5.91 Å². The zero-order valence-electron chi connectivity index (χ0n) is 14.6. The Labute approximate surface area is 153 Å². The molecule has 0 bridgehead atoms. The smallest absolute Gasteiger partial charge is 0.274 e. The van der Waals surface area contributed by atoms with Crippen molar-refractivity contribution in [2.45, 2.75) is 32.4 Å². The molecule has 1 aromatic carbocycles. The highest BCUT2D eigenvalue weighted by Crippen LogP contribution is 2.46. The highest BCUT2D eigenvalue weighted by molar-refractivity contribution is 8.24. The number of carbonyl (C=O) groups excluding carboxylic acids is 2. The van der Waals surface area contributed by atoms with Gasteiger partial charge in [-0.05, 0) is 31.9 Å². The summed E-state index contributed by atoms with van der Waals surface area (Å²) in [6.45, 7) is 2.57. The van der Waals surface area contributed by atoms with E-state index in [9.17, 15) is 18.7 Å². The zero-order valence-corrected chi connectivity index (χ0v) is 15.4. The van der Waals surface area contributed by atoms with Gasteiger partial charge in [0.05, 0.1) is 6.04 Å². The molecule has 2 aliphatic rings. The lowest BCUT2D eigenvalue weighted by Crippen LogP contribution is -2.44. The van der Waals surface area contributed by atoms with Crippen LogP contribution < -0.4 is 10.2 Å². The minimum absolute atomic E-state index is 0.000952. The largest absolute Gasteiger partial charge is 0.491 e. The summed E-state index contributed by atoms with van der Waals surface area (Å²) in [5.74, 6) is 0.241. The Morgan fingerprint density at radius 1 is 1.27 bits per heavy atom. The molecule has 0 spiro atoms. The van der Waals surface area contributed by atoms with Gasteiger partial charge in [-0.3, -0.25) is 23.9 Å². The molecule has 0 radical (unpaired) electrons. The molecule has 144 valence electrons. The molecular formula is C17H24N2O6S. The lowest BCUT2D eigenvalue weighted by Gasteiger charge is -2.40. The van der Waals surface area contributed by atoms with Gasteiger partial charge in [0, 0.05) is 35.1 Å². The van der Waals surface area contributed by atoms with Crippen molar-refractivity contribution in [3.8, 4) is 5.75 Å². The molecule has 2 amide bonds. The average Bonchev–Trinajstić information content (AvgIpc) is 2.79.